The van der Waals surface area contributed by atoms with Crippen LogP contribution in [-0.4, -0.2) is 58.9 Å². The predicted octanol–water partition coefficient (Wildman–Crippen LogP) is 3.42. The third-order valence-electron chi connectivity index (χ3n) is 7.14. The van der Waals surface area contributed by atoms with E-state index in [1.165, 1.54) is 30.5 Å². The number of halogens is 1. The molecule has 5 rings (SSSR count). The van der Waals surface area contributed by atoms with Crippen LogP contribution in [-0.2, 0) is 53.2 Å². The molecular weight excluding hydrogens is 744 g/mol. The SMILES string of the molecule is O=c1ccn([C@@H]2O[C@H](COP(=O)(O)OP(=O)(O)OP(=O)(O)O[P+](O)(O)Cc3ccc(Cl)cc3)[C@@H]3OC(Cc4ccccc4)C[C@@H]32)c(=O)[nH]1. The minimum absolute atomic E-state index is 0.205. The normalized spacial score (nSPS) is 26.3. The number of rotatable bonds is 14. The first kappa shape index (κ1) is 37.3. The van der Waals surface area contributed by atoms with Crippen LogP contribution in [0.2, 0.25) is 5.02 Å². The van der Waals surface area contributed by atoms with Gasteiger partial charge in [0.05, 0.1) is 18.8 Å². The van der Waals surface area contributed by atoms with E-state index in [1.807, 2.05) is 30.3 Å². The molecule has 0 aliphatic carbocycles. The average molecular weight is 774 g/mol. The van der Waals surface area contributed by atoms with Crippen molar-refractivity contribution in [1.82, 2.24) is 9.55 Å². The fraction of sp³-hybridized carbons (Fsp3) is 0.360. The van der Waals surface area contributed by atoms with E-state index < -0.39 is 79.8 Å². The van der Waals surface area contributed by atoms with Gasteiger partial charge in [-0.05, 0) is 36.1 Å². The molecule has 0 radical (unpaired) electrons. The molecule has 0 amide bonds. The Hall–Kier alpha value is -1.91. The van der Waals surface area contributed by atoms with Gasteiger partial charge < -0.3 is 19.3 Å². The minimum Gasteiger partial charge on any atom is -0.371 e. The molecule has 3 aromatic rings. The Morgan fingerprint density at radius 1 is 0.896 bits per heavy atom. The quantitative estimate of drug-likeness (QED) is 0.128. The lowest BCUT2D eigenvalue weighted by Gasteiger charge is -2.23. The first-order chi connectivity index (χ1) is 22.4. The van der Waals surface area contributed by atoms with Crippen LogP contribution in [0.3, 0.4) is 0 Å². The molecule has 2 aromatic carbocycles. The topological polar surface area (TPSA) is 263 Å². The smallest absolute Gasteiger partial charge is 0.371 e. The molecule has 0 saturated carbocycles. The Bertz CT molecular complexity index is 1860. The monoisotopic (exact) mass is 773 g/mol. The van der Waals surface area contributed by atoms with Crippen molar-refractivity contribution in [3.8, 4) is 0 Å². The molecule has 48 heavy (non-hydrogen) atoms. The van der Waals surface area contributed by atoms with Gasteiger partial charge in [-0.25, -0.2) is 18.5 Å². The molecule has 2 fully saturated rings. The lowest BCUT2D eigenvalue weighted by atomic mass is 9.95. The highest BCUT2D eigenvalue weighted by Gasteiger charge is 2.54. The fourth-order valence-electron chi connectivity index (χ4n) is 5.36. The standard InChI is InChI=1S/C25H29ClN2O16P4/c26-18-8-6-17(7-9-18)15-45(31,32)42-47(35,36)44-48(37,38)43-46(33,34)39-14-21-23-20(13-19(40-23)12-16-4-2-1-3-5-16)24(41-21)28-11-10-22(29)27-25(28)30/h1-11,19-21,23-24,31-32H,12-15H2,(H3-,27,29,30,33,34,35,36,37,38)/p+1/t19?,20-,21+,23+,24+/m0/s1. The molecule has 0 spiro atoms. The molecule has 4 unspecified atom stereocenters. The highest BCUT2D eigenvalue weighted by atomic mass is 35.5. The Labute approximate surface area is 277 Å². The number of benzene rings is 2. The van der Waals surface area contributed by atoms with Gasteiger partial charge in [-0.3, -0.25) is 23.8 Å². The number of phosphoric acid groups is 3. The van der Waals surface area contributed by atoms with Crippen LogP contribution >= 0.6 is 43.0 Å². The molecule has 23 heteroatoms. The van der Waals surface area contributed by atoms with Crippen LogP contribution in [0.4, 0.5) is 0 Å². The maximum atomic E-state index is 12.7. The zero-order valence-corrected chi connectivity index (χ0v) is 28.7. The summed E-state index contributed by atoms with van der Waals surface area (Å²) in [7, 11) is -22.1. The summed E-state index contributed by atoms with van der Waals surface area (Å²) in [4.78, 5) is 76.6. The van der Waals surface area contributed by atoms with E-state index in [1.54, 1.807) is 0 Å². The van der Waals surface area contributed by atoms with Crippen molar-refractivity contribution in [1.29, 1.82) is 0 Å². The summed E-state index contributed by atoms with van der Waals surface area (Å²) in [6.45, 7) is -0.808. The number of fused-ring (bicyclic) bond motifs is 1. The first-order valence-corrected chi connectivity index (χ1v) is 20.6. The number of H-pyrrole nitrogens is 1. The fourth-order valence-corrected chi connectivity index (χ4v) is 11.1. The third-order valence-corrected chi connectivity index (χ3v) is 13.8. The Morgan fingerprint density at radius 3 is 2.23 bits per heavy atom. The van der Waals surface area contributed by atoms with E-state index in [0.29, 0.717) is 17.9 Å². The van der Waals surface area contributed by atoms with E-state index in [4.69, 9.17) is 25.6 Å². The zero-order chi connectivity index (χ0) is 34.9. The van der Waals surface area contributed by atoms with Gasteiger partial charge in [0.25, 0.3) is 5.56 Å². The van der Waals surface area contributed by atoms with Gasteiger partial charge in [0, 0.05) is 23.2 Å². The largest absolute Gasteiger partial charge is 0.519 e. The van der Waals surface area contributed by atoms with Crippen molar-refractivity contribution in [2.75, 3.05) is 6.61 Å². The van der Waals surface area contributed by atoms with Gasteiger partial charge in [0.2, 0.25) is 0 Å². The first-order valence-electron chi connectivity index (χ1n) is 13.9. The van der Waals surface area contributed by atoms with Crippen molar-refractivity contribution < 1.29 is 65.1 Å². The molecule has 3 heterocycles. The Balaban J connectivity index is 1.23. The van der Waals surface area contributed by atoms with E-state index in [0.717, 1.165) is 16.2 Å². The molecule has 6 N–H and O–H groups in total. The van der Waals surface area contributed by atoms with Crippen LogP contribution in [0.5, 0.6) is 0 Å². The second kappa shape index (κ2) is 14.7. The van der Waals surface area contributed by atoms with Crippen LogP contribution in [0, 0.1) is 5.92 Å². The molecule has 2 saturated heterocycles. The van der Waals surface area contributed by atoms with E-state index in [2.05, 4.69) is 17.9 Å². The summed E-state index contributed by atoms with van der Waals surface area (Å²) in [5.41, 5.74) is -0.266. The van der Waals surface area contributed by atoms with Crippen molar-refractivity contribution in [3.63, 3.8) is 0 Å². The molecular formula is C25H30ClN2O16P4+. The molecule has 18 nitrogen and oxygen atoms in total. The predicted molar refractivity (Wildman–Crippen MR) is 167 cm³/mol. The molecule has 1 aromatic heterocycles. The van der Waals surface area contributed by atoms with Crippen molar-refractivity contribution in [3.05, 3.63) is 104 Å². The molecule has 2 aliphatic heterocycles. The number of ether oxygens (including phenoxy) is 2. The molecule has 0 bridgehead atoms. The maximum Gasteiger partial charge on any atom is 0.519 e. The Morgan fingerprint density at radius 2 is 1.56 bits per heavy atom. The number of phosphoric ester groups is 1. The van der Waals surface area contributed by atoms with Gasteiger partial charge in [-0.2, -0.15) is 18.4 Å². The van der Waals surface area contributed by atoms with Crippen LogP contribution < -0.4 is 11.2 Å². The number of nitrogens with zero attached hydrogens (tertiary/aromatic N) is 1. The second-order valence-electron chi connectivity index (χ2n) is 10.8. The number of hydrogen-bond acceptors (Lipinski definition) is 13. The lowest BCUT2D eigenvalue weighted by Crippen LogP contribution is -2.34. The third kappa shape index (κ3) is 10.1. The summed E-state index contributed by atoms with van der Waals surface area (Å²) in [6, 6.07) is 15.9. The summed E-state index contributed by atoms with van der Waals surface area (Å²) in [6.07, 6.45) is -2.00. The van der Waals surface area contributed by atoms with Crippen molar-refractivity contribution in [2.45, 2.75) is 43.5 Å². The molecule has 2 aliphatic rings. The van der Waals surface area contributed by atoms with Crippen molar-refractivity contribution in [2.24, 2.45) is 5.92 Å². The van der Waals surface area contributed by atoms with Crippen LogP contribution in [0.15, 0.2) is 76.4 Å². The van der Waals surface area contributed by atoms with Crippen molar-refractivity contribution >= 4 is 43.0 Å². The van der Waals surface area contributed by atoms with Gasteiger partial charge in [0.15, 0.2) is 6.16 Å². The highest BCUT2D eigenvalue weighted by Crippen LogP contribution is 2.73. The maximum absolute atomic E-state index is 12.7. The molecule has 262 valence electrons. The van der Waals surface area contributed by atoms with Crippen LogP contribution in [0.25, 0.3) is 0 Å². The summed E-state index contributed by atoms with van der Waals surface area (Å²) in [5.74, 6) is -0.506. The van der Waals surface area contributed by atoms with Gasteiger partial charge in [-0.15, -0.1) is 0 Å². The summed E-state index contributed by atoms with van der Waals surface area (Å²) < 4.78 is 67.9. The van der Waals surface area contributed by atoms with Crippen LogP contribution in [0.1, 0.15) is 23.8 Å². The van der Waals surface area contributed by atoms with Gasteiger partial charge in [-0.1, -0.05) is 58.4 Å². The number of nitrogens with one attached hydrogen (secondary N) is 1. The Kier molecular flexibility index (Phi) is 11.5. The molecule has 8 atom stereocenters. The number of aromatic amines is 1. The van der Waals surface area contributed by atoms with E-state index in [-0.39, 0.29) is 11.7 Å². The van der Waals surface area contributed by atoms with Gasteiger partial charge in [0.1, 0.15) is 12.3 Å². The summed E-state index contributed by atoms with van der Waals surface area (Å²) in [5, 5.41) is 0.316. The van der Waals surface area contributed by atoms with E-state index >= 15 is 0 Å². The lowest BCUT2D eigenvalue weighted by molar-refractivity contribution is -0.0791. The highest BCUT2D eigenvalue weighted by molar-refractivity contribution is 7.72. The number of aromatic nitrogens is 2. The minimum atomic E-state index is -5.96. The van der Waals surface area contributed by atoms with E-state index in [9.17, 15) is 47.8 Å². The second-order valence-corrected chi connectivity index (χ2v) is 17.9. The number of hydrogen-bond donors (Lipinski definition) is 6. The summed E-state index contributed by atoms with van der Waals surface area (Å²) >= 11 is 5.76. The van der Waals surface area contributed by atoms with Gasteiger partial charge >= 0.3 is 37.1 Å². The average Bonchev–Trinajstić information content (AvgIpc) is 3.50. The zero-order valence-electron chi connectivity index (χ0n) is 24.4.